The molecule has 2 nitrogen and oxygen atoms in total. The molecule has 0 amide bonds. The predicted octanol–water partition coefficient (Wildman–Crippen LogP) is 1.55. The minimum Gasteiger partial charge on any atom is -0.303 e. The Kier molecular flexibility index (Phi) is 3.73. The van der Waals surface area contributed by atoms with Gasteiger partial charge in [-0.2, -0.15) is 0 Å². The van der Waals surface area contributed by atoms with Gasteiger partial charge in [0.1, 0.15) is 6.29 Å². The molecule has 0 aliphatic carbocycles. The molecule has 1 heterocycles. The van der Waals surface area contributed by atoms with Crippen molar-refractivity contribution in [2.24, 2.45) is 11.8 Å². The number of carbonyl (C=O) groups excluding carboxylic acids is 1. The average Bonchev–Trinajstić information content (AvgIpc) is 2.09. The first-order chi connectivity index (χ1) is 5.72. The van der Waals surface area contributed by atoms with E-state index in [1.807, 2.05) is 6.92 Å². The summed E-state index contributed by atoms with van der Waals surface area (Å²) in [6.07, 6.45) is 3.65. The number of carbonyl (C=O) groups is 1. The summed E-state index contributed by atoms with van der Waals surface area (Å²) in [4.78, 5) is 12.8. The van der Waals surface area contributed by atoms with Crippen LogP contribution in [0.1, 0.15) is 26.7 Å². The first-order valence-electron chi connectivity index (χ1n) is 4.90. The lowest BCUT2D eigenvalue weighted by molar-refractivity contribution is -0.111. The highest BCUT2D eigenvalue weighted by molar-refractivity contribution is 5.52. The molecule has 12 heavy (non-hydrogen) atoms. The van der Waals surface area contributed by atoms with Crippen molar-refractivity contribution in [3.8, 4) is 0 Å². The third-order valence-corrected chi connectivity index (χ3v) is 2.65. The van der Waals surface area contributed by atoms with E-state index < -0.39 is 0 Å². The van der Waals surface area contributed by atoms with Crippen molar-refractivity contribution in [3.63, 3.8) is 0 Å². The van der Waals surface area contributed by atoms with E-state index in [0.717, 1.165) is 18.7 Å². The van der Waals surface area contributed by atoms with Crippen LogP contribution in [0.15, 0.2) is 0 Å². The topological polar surface area (TPSA) is 20.3 Å². The lowest BCUT2D eigenvalue weighted by atomic mass is 9.98. The largest absolute Gasteiger partial charge is 0.303 e. The van der Waals surface area contributed by atoms with Crippen molar-refractivity contribution < 1.29 is 4.79 Å². The van der Waals surface area contributed by atoms with Gasteiger partial charge in [0.15, 0.2) is 0 Å². The Morgan fingerprint density at radius 3 is 2.58 bits per heavy atom. The van der Waals surface area contributed by atoms with E-state index in [1.54, 1.807) is 0 Å². The molecule has 0 aromatic carbocycles. The number of likely N-dealkylation sites (tertiary alicyclic amines) is 1. The van der Waals surface area contributed by atoms with Gasteiger partial charge in [-0.1, -0.05) is 13.8 Å². The fraction of sp³-hybridized carbons (Fsp3) is 0.900. The van der Waals surface area contributed by atoms with Gasteiger partial charge in [0, 0.05) is 12.5 Å². The molecule has 0 spiro atoms. The molecule has 1 fully saturated rings. The molecule has 2 heteroatoms. The van der Waals surface area contributed by atoms with Gasteiger partial charge in [-0.05, 0) is 31.8 Å². The summed E-state index contributed by atoms with van der Waals surface area (Å²) in [6.45, 7) is 7.61. The second-order valence-corrected chi connectivity index (χ2v) is 4.10. The van der Waals surface area contributed by atoms with E-state index in [9.17, 15) is 4.79 Å². The molecule has 1 aliphatic heterocycles. The van der Waals surface area contributed by atoms with Gasteiger partial charge in [-0.15, -0.1) is 0 Å². The molecule has 1 atom stereocenters. The molecule has 0 aromatic heterocycles. The van der Waals surface area contributed by atoms with Crippen molar-refractivity contribution in [1.29, 1.82) is 0 Å². The fourth-order valence-corrected chi connectivity index (χ4v) is 1.69. The lowest BCUT2D eigenvalue weighted by Crippen LogP contribution is -2.36. The van der Waals surface area contributed by atoms with E-state index in [-0.39, 0.29) is 5.92 Å². The molecule has 70 valence electrons. The quantitative estimate of drug-likeness (QED) is 0.597. The summed E-state index contributed by atoms with van der Waals surface area (Å²) in [5, 5.41) is 0. The molecular weight excluding hydrogens is 150 g/mol. The average molecular weight is 169 g/mol. The third-order valence-electron chi connectivity index (χ3n) is 2.65. The Balaban J connectivity index is 2.21. The predicted molar refractivity (Wildman–Crippen MR) is 50.1 cm³/mol. The molecule has 0 bridgehead atoms. The zero-order valence-corrected chi connectivity index (χ0v) is 8.12. The summed E-state index contributed by atoms with van der Waals surface area (Å²) in [6, 6.07) is 0. The molecule has 1 unspecified atom stereocenters. The van der Waals surface area contributed by atoms with Gasteiger partial charge in [0.2, 0.25) is 0 Å². The maximum Gasteiger partial charge on any atom is 0.124 e. The van der Waals surface area contributed by atoms with Gasteiger partial charge in [0.25, 0.3) is 0 Å². The Hall–Kier alpha value is -0.370. The van der Waals surface area contributed by atoms with Crippen LogP contribution in [0.2, 0.25) is 0 Å². The van der Waals surface area contributed by atoms with Crippen LogP contribution in [0.5, 0.6) is 0 Å². The van der Waals surface area contributed by atoms with Crippen LogP contribution in [0.4, 0.5) is 0 Å². The maximum absolute atomic E-state index is 10.4. The molecular formula is C10H19NO. The summed E-state index contributed by atoms with van der Waals surface area (Å²) in [7, 11) is 0. The van der Waals surface area contributed by atoms with Gasteiger partial charge < -0.3 is 9.69 Å². The Labute approximate surface area is 74.9 Å². The number of nitrogens with zero attached hydrogens (tertiary/aromatic N) is 1. The number of piperidine rings is 1. The van der Waals surface area contributed by atoms with Crippen LogP contribution in [-0.4, -0.2) is 30.8 Å². The zero-order valence-electron chi connectivity index (χ0n) is 8.12. The summed E-state index contributed by atoms with van der Waals surface area (Å²) in [5.74, 6) is 1.09. The van der Waals surface area contributed by atoms with Crippen molar-refractivity contribution in [2.45, 2.75) is 26.7 Å². The van der Waals surface area contributed by atoms with Crippen LogP contribution in [0, 0.1) is 11.8 Å². The molecule has 0 aromatic rings. The van der Waals surface area contributed by atoms with Gasteiger partial charge in [-0.25, -0.2) is 0 Å². The first kappa shape index (κ1) is 9.72. The standard InChI is InChI=1S/C10H19NO/c1-9-3-5-11(6-4-9)7-10(2)8-12/h8-10H,3-7H2,1-2H3. The van der Waals surface area contributed by atoms with E-state index in [4.69, 9.17) is 0 Å². The molecule has 0 saturated carbocycles. The Morgan fingerprint density at radius 2 is 2.08 bits per heavy atom. The van der Waals surface area contributed by atoms with Crippen LogP contribution < -0.4 is 0 Å². The SMILES string of the molecule is CC(C=O)CN1CCC(C)CC1. The van der Waals surface area contributed by atoms with E-state index in [2.05, 4.69) is 11.8 Å². The summed E-state index contributed by atoms with van der Waals surface area (Å²) in [5.41, 5.74) is 0. The maximum atomic E-state index is 10.4. The van der Waals surface area contributed by atoms with Crippen molar-refractivity contribution in [3.05, 3.63) is 0 Å². The summed E-state index contributed by atoms with van der Waals surface area (Å²) >= 11 is 0. The van der Waals surface area contributed by atoms with Crippen LogP contribution in [0.3, 0.4) is 0 Å². The molecule has 0 radical (unpaired) electrons. The van der Waals surface area contributed by atoms with Crippen LogP contribution in [-0.2, 0) is 4.79 Å². The minimum absolute atomic E-state index is 0.207. The Bertz CT molecular complexity index is 139. The normalized spacial score (nSPS) is 23.8. The number of aldehydes is 1. The van der Waals surface area contributed by atoms with E-state index in [0.29, 0.717) is 0 Å². The molecule has 1 aliphatic rings. The second-order valence-electron chi connectivity index (χ2n) is 4.10. The molecule has 0 N–H and O–H groups in total. The van der Waals surface area contributed by atoms with Crippen molar-refractivity contribution in [2.75, 3.05) is 19.6 Å². The second kappa shape index (κ2) is 4.61. The van der Waals surface area contributed by atoms with Crippen LogP contribution in [0.25, 0.3) is 0 Å². The highest BCUT2D eigenvalue weighted by atomic mass is 16.1. The highest BCUT2D eigenvalue weighted by Crippen LogP contribution is 2.16. The smallest absolute Gasteiger partial charge is 0.124 e. The Morgan fingerprint density at radius 1 is 1.50 bits per heavy atom. The fourth-order valence-electron chi connectivity index (χ4n) is 1.69. The first-order valence-corrected chi connectivity index (χ1v) is 4.90. The minimum atomic E-state index is 0.207. The number of rotatable bonds is 3. The molecule has 1 rings (SSSR count). The van der Waals surface area contributed by atoms with E-state index in [1.165, 1.54) is 25.9 Å². The summed E-state index contributed by atoms with van der Waals surface area (Å²) < 4.78 is 0. The number of hydrogen-bond acceptors (Lipinski definition) is 2. The van der Waals surface area contributed by atoms with Crippen LogP contribution >= 0.6 is 0 Å². The lowest BCUT2D eigenvalue weighted by Gasteiger charge is -2.30. The van der Waals surface area contributed by atoms with Gasteiger partial charge in [0.05, 0.1) is 0 Å². The van der Waals surface area contributed by atoms with E-state index >= 15 is 0 Å². The van der Waals surface area contributed by atoms with Crippen molar-refractivity contribution >= 4 is 6.29 Å². The number of hydrogen-bond donors (Lipinski definition) is 0. The monoisotopic (exact) mass is 169 g/mol. The highest BCUT2D eigenvalue weighted by Gasteiger charge is 2.16. The van der Waals surface area contributed by atoms with Gasteiger partial charge in [-0.3, -0.25) is 0 Å². The van der Waals surface area contributed by atoms with Gasteiger partial charge >= 0.3 is 0 Å². The third kappa shape index (κ3) is 2.94. The zero-order chi connectivity index (χ0) is 8.97. The van der Waals surface area contributed by atoms with Crippen molar-refractivity contribution in [1.82, 2.24) is 4.90 Å². The molecule has 1 saturated heterocycles.